The van der Waals surface area contributed by atoms with E-state index in [1.54, 1.807) is 0 Å². The van der Waals surface area contributed by atoms with Gasteiger partial charge in [0.05, 0.1) is 19.0 Å². The molecule has 0 bridgehead atoms. The van der Waals surface area contributed by atoms with Crippen LogP contribution in [0.25, 0.3) is 0 Å². The summed E-state index contributed by atoms with van der Waals surface area (Å²) in [6, 6.07) is 0. The molecular weight excluding hydrogens is 220 g/mol. The van der Waals surface area contributed by atoms with Gasteiger partial charge < -0.3 is 15.7 Å². The molecule has 0 amide bonds. The van der Waals surface area contributed by atoms with Crippen molar-refractivity contribution in [1.29, 1.82) is 0 Å². The van der Waals surface area contributed by atoms with Gasteiger partial charge in [-0.05, 0) is 18.8 Å². The highest BCUT2D eigenvalue weighted by Crippen LogP contribution is 2.24. The van der Waals surface area contributed by atoms with Gasteiger partial charge >= 0.3 is 0 Å². The van der Waals surface area contributed by atoms with Gasteiger partial charge in [-0.25, -0.2) is 9.97 Å². The van der Waals surface area contributed by atoms with E-state index < -0.39 is 0 Å². The summed E-state index contributed by atoms with van der Waals surface area (Å²) in [4.78, 5) is 8.04. The normalized spacial score (nSPS) is 17.3. The summed E-state index contributed by atoms with van der Waals surface area (Å²) in [5, 5.41) is 11.3. The van der Waals surface area contributed by atoms with E-state index in [9.17, 15) is 0 Å². The number of rotatable bonds is 4. The van der Waals surface area contributed by atoms with Crippen LogP contribution in [0.4, 0.5) is 0 Å². The first-order valence-electron chi connectivity index (χ1n) is 5.72. The number of aromatic nitrogens is 2. The van der Waals surface area contributed by atoms with Crippen LogP contribution in [0.15, 0.2) is 17.5 Å². The third-order valence-corrected chi connectivity index (χ3v) is 2.94. The predicted molar refractivity (Wildman–Crippen MR) is 62.0 cm³/mol. The number of hydrogen-bond acceptors (Lipinski definition) is 5. The second-order valence-electron chi connectivity index (χ2n) is 4.19. The first-order chi connectivity index (χ1) is 8.29. The van der Waals surface area contributed by atoms with E-state index in [-0.39, 0.29) is 5.84 Å². The zero-order valence-electron chi connectivity index (χ0n) is 9.54. The van der Waals surface area contributed by atoms with Crippen molar-refractivity contribution in [2.45, 2.75) is 25.7 Å². The highest BCUT2D eigenvalue weighted by atomic mass is 16.5. The lowest BCUT2D eigenvalue weighted by Crippen LogP contribution is -2.16. The van der Waals surface area contributed by atoms with Crippen molar-refractivity contribution in [2.24, 2.45) is 16.8 Å². The van der Waals surface area contributed by atoms with Crippen LogP contribution in [0.3, 0.4) is 0 Å². The molecule has 17 heavy (non-hydrogen) atoms. The molecule has 0 atom stereocenters. The third kappa shape index (κ3) is 3.05. The Morgan fingerprint density at radius 3 is 2.76 bits per heavy atom. The van der Waals surface area contributed by atoms with Crippen LogP contribution in [0, 0.1) is 5.92 Å². The van der Waals surface area contributed by atoms with Gasteiger partial charge in [-0.1, -0.05) is 18.0 Å². The van der Waals surface area contributed by atoms with Gasteiger partial charge in [0, 0.05) is 0 Å². The van der Waals surface area contributed by atoms with E-state index >= 15 is 0 Å². The molecule has 1 aliphatic carbocycles. The summed E-state index contributed by atoms with van der Waals surface area (Å²) < 4.78 is 5.54. The number of nitrogens with two attached hydrogens (primary N) is 1. The van der Waals surface area contributed by atoms with Crippen LogP contribution in [-0.4, -0.2) is 27.6 Å². The van der Waals surface area contributed by atoms with Gasteiger partial charge in [-0.2, -0.15) is 0 Å². The quantitative estimate of drug-likeness (QED) is 0.354. The van der Waals surface area contributed by atoms with Crippen molar-refractivity contribution < 1.29 is 9.94 Å². The van der Waals surface area contributed by atoms with Crippen molar-refractivity contribution in [2.75, 3.05) is 6.61 Å². The van der Waals surface area contributed by atoms with E-state index in [2.05, 4.69) is 15.1 Å². The second-order valence-corrected chi connectivity index (χ2v) is 4.19. The zero-order valence-corrected chi connectivity index (χ0v) is 9.54. The van der Waals surface area contributed by atoms with Gasteiger partial charge in [-0.15, -0.1) is 0 Å². The third-order valence-electron chi connectivity index (χ3n) is 2.94. The fourth-order valence-corrected chi connectivity index (χ4v) is 1.95. The van der Waals surface area contributed by atoms with Gasteiger partial charge in [0.2, 0.25) is 5.88 Å². The monoisotopic (exact) mass is 236 g/mol. The molecule has 6 nitrogen and oxygen atoms in total. The highest BCUT2D eigenvalue weighted by molar-refractivity contribution is 5.94. The minimum absolute atomic E-state index is 0.0557. The first kappa shape index (κ1) is 11.6. The molecule has 1 aliphatic rings. The molecule has 0 aliphatic heterocycles. The second kappa shape index (κ2) is 5.47. The van der Waals surface area contributed by atoms with Gasteiger partial charge in [0.25, 0.3) is 0 Å². The molecule has 0 saturated heterocycles. The summed E-state index contributed by atoms with van der Waals surface area (Å²) >= 11 is 0. The number of oxime groups is 1. The van der Waals surface area contributed by atoms with Crippen LogP contribution in [0.5, 0.6) is 5.88 Å². The Morgan fingerprint density at radius 2 is 2.18 bits per heavy atom. The lowest BCUT2D eigenvalue weighted by Gasteiger charge is -2.10. The molecule has 0 aromatic carbocycles. The van der Waals surface area contributed by atoms with Crippen molar-refractivity contribution in [3.63, 3.8) is 0 Å². The Morgan fingerprint density at radius 1 is 1.41 bits per heavy atom. The Kier molecular flexibility index (Phi) is 3.74. The molecule has 1 aromatic rings. The number of amidine groups is 1. The molecule has 3 N–H and O–H groups in total. The summed E-state index contributed by atoms with van der Waals surface area (Å²) in [6.07, 6.45) is 7.97. The topological polar surface area (TPSA) is 93.6 Å². The Balaban J connectivity index is 1.89. The average molecular weight is 236 g/mol. The minimum Gasteiger partial charge on any atom is -0.476 e. The molecule has 0 radical (unpaired) electrons. The lowest BCUT2D eigenvalue weighted by atomic mass is 10.1. The van der Waals surface area contributed by atoms with E-state index in [4.69, 9.17) is 15.7 Å². The maximum Gasteiger partial charge on any atom is 0.232 e. The molecule has 0 spiro atoms. The van der Waals surface area contributed by atoms with Crippen LogP contribution in [0.1, 0.15) is 31.4 Å². The van der Waals surface area contributed by atoms with E-state index in [1.165, 1.54) is 38.1 Å². The van der Waals surface area contributed by atoms with E-state index in [1.807, 2.05) is 0 Å². The van der Waals surface area contributed by atoms with Crippen LogP contribution < -0.4 is 10.5 Å². The SMILES string of the molecule is NC(=NO)c1cnc(OCC2CCCC2)cn1. The predicted octanol–water partition coefficient (Wildman–Crippen LogP) is 1.14. The summed E-state index contributed by atoms with van der Waals surface area (Å²) in [6.45, 7) is 0.692. The van der Waals surface area contributed by atoms with Crippen LogP contribution in [-0.2, 0) is 0 Å². The molecular formula is C11H16N4O2. The summed E-state index contributed by atoms with van der Waals surface area (Å²) in [7, 11) is 0. The largest absolute Gasteiger partial charge is 0.476 e. The molecule has 1 fully saturated rings. The van der Waals surface area contributed by atoms with E-state index in [0.717, 1.165) is 0 Å². The Labute approximate surface area is 99.5 Å². The molecule has 0 unspecified atom stereocenters. The van der Waals surface area contributed by atoms with Crippen LogP contribution >= 0.6 is 0 Å². The maximum absolute atomic E-state index is 8.47. The fraction of sp³-hybridized carbons (Fsp3) is 0.545. The average Bonchev–Trinajstić information content (AvgIpc) is 2.89. The van der Waals surface area contributed by atoms with Gasteiger partial charge in [-0.3, -0.25) is 0 Å². The molecule has 92 valence electrons. The number of ether oxygens (including phenoxy) is 1. The Hall–Kier alpha value is -1.85. The molecule has 1 heterocycles. The van der Waals surface area contributed by atoms with Crippen molar-refractivity contribution in [3.05, 3.63) is 18.1 Å². The van der Waals surface area contributed by atoms with E-state index in [0.29, 0.717) is 24.1 Å². The standard InChI is InChI=1S/C11H16N4O2/c12-11(15-16)9-5-14-10(6-13-9)17-7-8-3-1-2-4-8/h5-6,8,16H,1-4,7H2,(H2,12,15). The van der Waals surface area contributed by atoms with Crippen molar-refractivity contribution in [1.82, 2.24) is 9.97 Å². The fourth-order valence-electron chi connectivity index (χ4n) is 1.95. The highest BCUT2D eigenvalue weighted by Gasteiger charge is 2.15. The first-order valence-corrected chi connectivity index (χ1v) is 5.72. The van der Waals surface area contributed by atoms with Crippen molar-refractivity contribution in [3.8, 4) is 5.88 Å². The molecule has 6 heteroatoms. The van der Waals surface area contributed by atoms with Gasteiger partial charge in [0.1, 0.15) is 5.69 Å². The zero-order chi connectivity index (χ0) is 12.1. The number of hydrogen-bond donors (Lipinski definition) is 2. The molecule has 2 rings (SSSR count). The van der Waals surface area contributed by atoms with Crippen molar-refractivity contribution >= 4 is 5.84 Å². The summed E-state index contributed by atoms with van der Waals surface area (Å²) in [5.41, 5.74) is 5.71. The summed E-state index contributed by atoms with van der Waals surface area (Å²) in [5.74, 6) is 1.06. The maximum atomic E-state index is 8.47. The lowest BCUT2D eigenvalue weighted by molar-refractivity contribution is 0.242. The minimum atomic E-state index is -0.0557. The smallest absolute Gasteiger partial charge is 0.232 e. The van der Waals surface area contributed by atoms with Gasteiger partial charge in [0.15, 0.2) is 5.84 Å². The molecule has 1 aromatic heterocycles. The van der Waals surface area contributed by atoms with Crippen LogP contribution in [0.2, 0.25) is 0 Å². The number of nitrogens with zero attached hydrogens (tertiary/aromatic N) is 3. The molecule has 1 saturated carbocycles. The Bertz CT molecular complexity index is 385.